The van der Waals surface area contributed by atoms with E-state index in [1.165, 1.54) is 6.20 Å². The molecule has 0 radical (unpaired) electrons. The van der Waals surface area contributed by atoms with Crippen molar-refractivity contribution >= 4 is 27.2 Å². The molecule has 1 heterocycles. The van der Waals surface area contributed by atoms with E-state index in [1.807, 2.05) is 50.2 Å². The van der Waals surface area contributed by atoms with Crippen molar-refractivity contribution in [2.45, 2.75) is 25.2 Å². The minimum atomic E-state index is -3.63. The Morgan fingerprint density at radius 3 is 2.31 bits per heavy atom. The van der Waals surface area contributed by atoms with E-state index in [0.29, 0.717) is 11.5 Å². The van der Waals surface area contributed by atoms with E-state index < -0.39 is 10.0 Å². The number of para-hydroxylation sites is 1. The third kappa shape index (κ3) is 4.21. The molecule has 0 saturated heterocycles. The van der Waals surface area contributed by atoms with Crippen molar-refractivity contribution in [1.82, 2.24) is 4.98 Å². The maximum atomic E-state index is 12.5. The predicted octanol–water partition coefficient (Wildman–Crippen LogP) is 4.50. The summed E-state index contributed by atoms with van der Waals surface area (Å²) >= 11 is 0. The Morgan fingerprint density at radius 2 is 1.69 bits per heavy atom. The molecule has 3 aromatic rings. The number of aromatic nitrogens is 1. The fourth-order valence-electron chi connectivity index (χ4n) is 2.50. The van der Waals surface area contributed by atoms with Crippen molar-refractivity contribution in [2.24, 2.45) is 0 Å². The topological polar surface area (TPSA) is 71.1 Å². The molecule has 2 N–H and O–H groups in total. The van der Waals surface area contributed by atoms with Gasteiger partial charge in [-0.2, -0.15) is 0 Å². The first-order chi connectivity index (χ1) is 12.5. The van der Waals surface area contributed by atoms with Crippen LogP contribution in [0.5, 0.6) is 0 Å². The van der Waals surface area contributed by atoms with Gasteiger partial charge in [-0.15, -0.1) is 0 Å². The van der Waals surface area contributed by atoms with Gasteiger partial charge in [-0.25, -0.2) is 13.4 Å². The van der Waals surface area contributed by atoms with E-state index in [2.05, 4.69) is 15.0 Å². The fourth-order valence-corrected chi connectivity index (χ4v) is 3.54. The largest absolute Gasteiger partial charge is 0.340 e. The van der Waals surface area contributed by atoms with Crippen LogP contribution in [-0.2, 0) is 16.4 Å². The quantitative estimate of drug-likeness (QED) is 0.673. The number of sulfonamides is 1. The minimum Gasteiger partial charge on any atom is -0.340 e. The Kier molecular flexibility index (Phi) is 5.23. The first-order valence-corrected chi connectivity index (χ1v) is 9.87. The van der Waals surface area contributed by atoms with Crippen LogP contribution in [0.15, 0.2) is 71.8 Å². The Morgan fingerprint density at radius 1 is 0.962 bits per heavy atom. The highest BCUT2D eigenvalue weighted by Crippen LogP contribution is 2.21. The zero-order valence-electron chi connectivity index (χ0n) is 14.7. The van der Waals surface area contributed by atoms with Gasteiger partial charge in [0, 0.05) is 5.69 Å². The Bertz CT molecular complexity index is 982. The highest BCUT2D eigenvalue weighted by atomic mass is 32.2. The first-order valence-electron chi connectivity index (χ1n) is 8.38. The predicted molar refractivity (Wildman–Crippen MR) is 105 cm³/mol. The number of hydrogen-bond acceptors (Lipinski definition) is 4. The summed E-state index contributed by atoms with van der Waals surface area (Å²) in [5.74, 6) is 0.648. The summed E-state index contributed by atoms with van der Waals surface area (Å²) in [6.07, 6.45) is 2.37. The summed E-state index contributed by atoms with van der Waals surface area (Å²) in [6, 6.07) is 18.2. The van der Waals surface area contributed by atoms with Crippen molar-refractivity contribution in [2.75, 3.05) is 10.0 Å². The molecule has 2 aromatic carbocycles. The summed E-state index contributed by atoms with van der Waals surface area (Å²) in [5.41, 5.74) is 3.58. The van der Waals surface area contributed by atoms with Gasteiger partial charge < -0.3 is 5.32 Å². The first kappa shape index (κ1) is 17.9. The molecule has 0 spiro atoms. The second-order valence-corrected chi connectivity index (χ2v) is 7.66. The smallest absolute Gasteiger partial charge is 0.261 e. The molecule has 0 saturated carbocycles. The number of hydrogen-bond donors (Lipinski definition) is 2. The van der Waals surface area contributed by atoms with E-state index in [1.54, 1.807) is 24.3 Å². The maximum absolute atomic E-state index is 12.5. The molecule has 3 rings (SSSR count). The SMILES string of the molecule is CCc1ccc(S(=O)(=O)Nc2ccc(Nc3ccccc3C)nc2)cc1. The van der Waals surface area contributed by atoms with Crippen LogP contribution in [0.1, 0.15) is 18.1 Å². The standard InChI is InChI=1S/C20H21N3O2S/c1-3-16-8-11-18(12-9-16)26(24,25)23-17-10-13-20(21-14-17)22-19-7-5-4-6-15(19)2/h4-14,23H,3H2,1-2H3,(H,21,22). The van der Waals surface area contributed by atoms with Crippen molar-refractivity contribution in [3.63, 3.8) is 0 Å². The average Bonchev–Trinajstić information content (AvgIpc) is 2.65. The summed E-state index contributed by atoms with van der Waals surface area (Å²) in [5, 5.41) is 3.22. The highest BCUT2D eigenvalue weighted by Gasteiger charge is 2.14. The zero-order valence-corrected chi connectivity index (χ0v) is 15.5. The lowest BCUT2D eigenvalue weighted by molar-refractivity contribution is 0.601. The fraction of sp³-hybridized carbons (Fsp3) is 0.150. The molecule has 134 valence electrons. The zero-order chi connectivity index (χ0) is 18.6. The molecule has 0 bridgehead atoms. The lowest BCUT2D eigenvalue weighted by Crippen LogP contribution is -2.13. The van der Waals surface area contributed by atoms with Gasteiger partial charge >= 0.3 is 0 Å². The molecule has 0 atom stereocenters. The molecule has 0 unspecified atom stereocenters. The van der Waals surface area contributed by atoms with Crippen LogP contribution in [0.2, 0.25) is 0 Å². The number of nitrogens with zero attached hydrogens (tertiary/aromatic N) is 1. The van der Waals surface area contributed by atoms with Crippen LogP contribution < -0.4 is 10.0 Å². The van der Waals surface area contributed by atoms with Crippen LogP contribution in [0.3, 0.4) is 0 Å². The summed E-state index contributed by atoms with van der Waals surface area (Å²) in [7, 11) is -3.63. The number of benzene rings is 2. The Hall–Kier alpha value is -2.86. The van der Waals surface area contributed by atoms with Crippen LogP contribution in [0.25, 0.3) is 0 Å². The minimum absolute atomic E-state index is 0.233. The molecular weight excluding hydrogens is 346 g/mol. The van der Waals surface area contributed by atoms with E-state index >= 15 is 0 Å². The van der Waals surface area contributed by atoms with Crippen molar-refractivity contribution in [3.05, 3.63) is 78.0 Å². The highest BCUT2D eigenvalue weighted by molar-refractivity contribution is 7.92. The van der Waals surface area contributed by atoms with Crippen LogP contribution in [0.4, 0.5) is 17.2 Å². The van der Waals surface area contributed by atoms with E-state index in [-0.39, 0.29) is 4.90 Å². The van der Waals surface area contributed by atoms with Crippen molar-refractivity contribution in [1.29, 1.82) is 0 Å². The monoisotopic (exact) mass is 367 g/mol. The van der Waals surface area contributed by atoms with Crippen molar-refractivity contribution in [3.8, 4) is 0 Å². The van der Waals surface area contributed by atoms with Gasteiger partial charge in [0.05, 0.1) is 16.8 Å². The van der Waals surface area contributed by atoms with Gasteiger partial charge in [0.25, 0.3) is 10.0 Å². The van der Waals surface area contributed by atoms with Crippen molar-refractivity contribution < 1.29 is 8.42 Å². The second kappa shape index (κ2) is 7.58. The molecule has 6 heteroatoms. The van der Waals surface area contributed by atoms with Crippen LogP contribution >= 0.6 is 0 Å². The number of pyridine rings is 1. The van der Waals surface area contributed by atoms with Gasteiger partial charge in [-0.05, 0) is 54.8 Å². The number of rotatable bonds is 6. The molecule has 0 fully saturated rings. The molecule has 1 aromatic heterocycles. The maximum Gasteiger partial charge on any atom is 0.261 e. The van der Waals surface area contributed by atoms with Gasteiger partial charge in [0.1, 0.15) is 5.82 Å². The van der Waals surface area contributed by atoms with E-state index in [9.17, 15) is 8.42 Å². The Labute approximate surface area is 154 Å². The van der Waals surface area contributed by atoms with E-state index in [4.69, 9.17) is 0 Å². The van der Waals surface area contributed by atoms with Crippen LogP contribution in [-0.4, -0.2) is 13.4 Å². The number of aryl methyl sites for hydroxylation is 2. The molecule has 5 nitrogen and oxygen atoms in total. The Balaban J connectivity index is 1.73. The molecule has 0 aliphatic carbocycles. The molecule has 0 aliphatic heterocycles. The molecule has 0 amide bonds. The average molecular weight is 367 g/mol. The number of nitrogens with one attached hydrogen (secondary N) is 2. The van der Waals surface area contributed by atoms with E-state index in [0.717, 1.165) is 23.2 Å². The van der Waals surface area contributed by atoms with Gasteiger partial charge in [0.15, 0.2) is 0 Å². The summed E-state index contributed by atoms with van der Waals surface area (Å²) in [4.78, 5) is 4.52. The number of anilines is 3. The second-order valence-electron chi connectivity index (χ2n) is 5.98. The lowest BCUT2D eigenvalue weighted by atomic mass is 10.2. The summed E-state index contributed by atoms with van der Waals surface area (Å²) in [6.45, 7) is 4.04. The third-order valence-corrected chi connectivity index (χ3v) is 5.46. The lowest BCUT2D eigenvalue weighted by Gasteiger charge is -2.11. The van der Waals surface area contributed by atoms with Crippen LogP contribution in [0, 0.1) is 6.92 Å². The van der Waals surface area contributed by atoms with Gasteiger partial charge in [-0.1, -0.05) is 37.3 Å². The molecule has 0 aliphatic rings. The summed E-state index contributed by atoms with van der Waals surface area (Å²) < 4.78 is 27.5. The molecule has 26 heavy (non-hydrogen) atoms. The third-order valence-electron chi connectivity index (χ3n) is 4.07. The molecular formula is C20H21N3O2S. The normalized spacial score (nSPS) is 11.2. The van der Waals surface area contributed by atoms with Gasteiger partial charge in [-0.3, -0.25) is 4.72 Å². The van der Waals surface area contributed by atoms with Gasteiger partial charge in [0.2, 0.25) is 0 Å².